The van der Waals surface area contributed by atoms with Crippen LogP contribution in [0.3, 0.4) is 0 Å². The van der Waals surface area contributed by atoms with Gasteiger partial charge in [-0.2, -0.15) is 4.98 Å². The third kappa shape index (κ3) is 3.27. The molecule has 0 aliphatic carbocycles. The quantitative estimate of drug-likeness (QED) is 0.810. The molecule has 1 aromatic rings. The number of rotatable bonds is 2. The van der Waals surface area contributed by atoms with E-state index in [0.717, 1.165) is 59.9 Å². The number of aromatic nitrogens is 2. The van der Waals surface area contributed by atoms with E-state index in [0.29, 0.717) is 0 Å². The van der Waals surface area contributed by atoms with E-state index in [1.165, 1.54) is 0 Å². The number of ether oxygens (including phenoxy) is 1. The SMILES string of the molecule is Cc1cc(N2C=C(Br)SCC2)nc(N2CCOCC2)n1. The molecule has 2 aliphatic heterocycles. The number of morpholine rings is 1. The molecule has 0 radical (unpaired) electrons. The maximum atomic E-state index is 5.39. The van der Waals surface area contributed by atoms with Crippen molar-refractivity contribution < 1.29 is 4.74 Å². The molecule has 108 valence electrons. The fourth-order valence-electron chi connectivity index (χ4n) is 2.23. The van der Waals surface area contributed by atoms with E-state index in [4.69, 9.17) is 9.72 Å². The average molecular weight is 357 g/mol. The molecule has 0 amide bonds. The summed E-state index contributed by atoms with van der Waals surface area (Å²) in [6.07, 6.45) is 2.10. The molecule has 1 aromatic heterocycles. The number of thioether (sulfide) groups is 1. The molecule has 0 aromatic carbocycles. The zero-order valence-electron chi connectivity index (χ0n) is 11.4. The number of aryl methyl sites for hydroxylation is 1. The summed E-state index contributed by atoms with van der Waals surface area (Å²) in [5.74, 6) is 2.84. The van der Waals surface area contributed by atoms with Gasteiger partial charge in [0.25, 0.3) is 0 Å². The van der Waals surface area contributed by atoms with E-state index in [2.05, 4.69) is 36.9 Å². The molecule has 1 saturated heterocycles. The molecule has 0 bridgehead atoms. The van der Waals surface area contributed by atoms with Crippen molar-refractivity contribution in [2.45, 2.75) is 6.92 Å². The van der Waals surface area contributed by atoms with E-state index < -0.39 is 0 Å². The Hall–Kier alpha value is -0.790. The Bertz CT molecular complexity index is 519. The number of anilines is 2. The Morgan fingerprint density at radius 2 is 2.05 bits per heavy atom. The lowest BCUT2D eigenvalue weighted by Gasteiger charge is -2.29. The first-order chi connectivity index (χ1) is 9.72. The van der Waals surface area contributed by atoms with Gasteiger partial charge in [0.15, 0.2) is 0 Å². The molecule has 3 heterocycles. The maximum Gasteiger partial charge on any atom is 0.227 e. The van der Waals surface area contributed by atoms with Crippen LogP contribution >= 0.6 is 27.7 Å². The van der Waals surface area contributed by atoms with Crippen molar-refractivity contribution in [2.24, 2.45) is 0 Å². The molecule has 5 nitrogen and oxygen atoms in total. The van der Waals surface area contributed by atoms with Crippen molar-refractivity contribution in [3.63, 3.8) is 0 Å². The maximum absolute atomic E-state index is 5.39. The smallest absolute Gasteiger partial charge is 0.227 e. The standard InChI is InChI=1S/C13H17BrN4OS/c1-10-8-12(18-4-7-20-11(14)9-18)16-13(15-10)17-2-5-19-6-3-17/h8-9H,2-7H2,1H3. The topological polar surface area (TPSA) is 41.5 Å². The van der Waals surface area contributed by atoms with Crippen LogP contribution in [0.2, 0.25) is 0 Å². The van der Waals surface area contributed by atoms with Crippen LogP contribution in [0.4, 0.5) is 11.8 Å². The van der Waals surface area contributed by atoms with E-state index in [9.17, 15) is 0 Å². The summed E-state index contributed by atoms with van der Waals surface area (Å²) in [4.78, 5) is 13.7. The normalized spacial score (nSPS) is 20.0. The highest BCUT2D eigenvalue weighted by atomic mass is 79.9. The largest absolute Gasteiger partial charge is 0.378 e. The summed E-state index contributed by atoms with van der Waals surface area (Å²) in [5.41, 5.74) is 0.999. The molecule has 20 heavy (non-hydrogen) atoms. The molecule has 2 aliphatic rings. The molecule has 7 heteroatoms. The number of nitrogens with zero attached hydrogens (tertiary/aromatic N) is 4. The Kier molecular flexibility index (Phi) is 4.48. The second-order valence-corrected chi connectivity index (χ2v) is 7.26. The lowest BCUT2D eigenvalue weighted by Crippen LogP contribution is -2.37. The first-order valence-electron chi connectivity index (χ1n) is 6.67. The predicted molar refractivity (Wildman–Crippen MR) is 86.6 cm³/mol. The third-order valence-corrected chi connectivity index (χ3v) is 4.91. The van der Waals surface area contributed by atoms with Crippen LogP contribution in [0.1, 0.15) is 5.69 Å². The second-order valence-electron chi connectivity index (χ2n) is 4.74. The van der Waals surface area contributed by atoms with Crippen LogP contribution in [0, 0.1) is 6.92 Å². The fourth-order valence-corrected chi connectivity index (χ4v) is 3.65. The monoisotopic (exact) mass is 356 g/mol. The summed E-state index contributed by atoms with van der Waals surface area (Å²) in [6, 6.07) is 2.04. The van der Waals surface area contributed by atoms with Gasteiger partial charge in [-0.3, -0.25) is 0 Å². The number of halogens is 1. The molecule has 0 atom stereocenters. The van der Waals surface area contributed by atoms with Crippen LogP contribution in [-0.2, 0) is 4.74 Å². The highest BCUT2D eigenvalue weighted by Crippen LogP contribution is 2.29. The van der Waals surface area contributed by atoms with Gasteiger partial charge in [-0.15, -0.1) is 11.8 Å². The molecule has 0 unspecified atom stereocenters. The Morgan fingerprint density at radius 3 is 2.80 bits per heavy atom. The van der Waals surface area contributed by atoms with Crippen LogP contribution in [0.25, 0.3) is 0 Å². The average Bonchev–Trinajstić information content (AvgIpc) is 2.47. The van der Waals surface area contributed by atoms with Crippen LogP contribution in [0.5, 0.6) is 0 Å². The summed E-state index contributed by atoms with van der Waals surface area (Å²) >= 11 is 5.37. The van der Waals surface area contributed by atoms with Gasteiger partial charge >= 0.3 is 0 Å². The van der Waals surface area contributed by atoms with Gasteiger partial charge in [0.1, 0.15) is 5.82 Å². The zero-order valence-corrected chi connectivity index (χ0v) is 13.8. The van der Waals surface area contributed by atoms with Crippen molar-refractivity contribution >= 4 is 39.5 Å². The number of hydrogen-bond acceptors (Lipinski definition) is 6. The van der Waals surface area contributed by atoms with Crippen LogP contribution < -0.4 is 9.80 Å². The van der Waals surface area contributed by atoms with Gasteiger partial charge in [0.2, 0.25) is 5.95 Å². The Labute approximate surface area is 131 Å². The zero-order chi connectivity index (χ0) is 13.9. The summed E-state index contributed by atoms with van der Waals surface area (Å²) in [5, 5.41) is 0. The molecule has 0 spiro atoms. The van der Waals surface area contributed by atoms with E-state index in [1.807, 2.05) is 24.8 Å². The van der Waals surface area contributed by atoms with Gasteiger partial charge in [-0.05, 0) is 22.9 Å². The van der Waals surface area contributed by atoms with E-state index >= 15 is 0 Å². The van der Waals surface area contributed by atoms with E-state index in [1.54, 1.807) is 0 Å². The minimum Gasteiger partial charge on any atom is -0.378 e. The summed E-state index contributed by atoms with van der Waals surface area (Å²) in [6.45, 7) is 6.21. The Balaban J connectivity index is 1.88. The molecule has 0 N–H and O–H groups in total. The van der Waals surface area contributed by atoms with Crippen molar-refractivity contribution in [1.29, 1.82) is 0 Å². The fraction of sp³-hybridized carbons (Fsp3) is 0.538. The first kappa shape index (κ1) is 14.2. The van der Waals surface area contributed by atoms with E-state index in [-0.39, 0.29) is 0 Å². The highest BCUT2D eigenvalue weighted by Gasteiger charge is 2.18. The third-order valence-electron chi connectivity index (χ3n) is 3.25. The van der Waals surface area contributed by atoms with Gasteiger partial charge in [-0.1, -0.05) is 0 Å². The first-order valence-corrected chi connectivity index (χ1v) is 8.45. The lowest BCUT2D eigenvalue weighted by molar-refractivity contribution is 0.122. The van der Waals surface area contributed by atoms with Crippen molar-refractivity contribution in [3.8, 4) is 0 Å². The van der Waals surface area contributed by atoms with Gasteiger partial charge < -0.3 is 14.5 Å². The Morgan fingerprint density at radius 1 is 1.25 bits per heavy atom. The predicted octanol–water partition coefficient (Wildman–Crippen LogP) is 2.37. The van der Waals surface area contributed by atoms with Crippen molar-refractivity contribution in [2.75, 3.05) is 48.4 Å². The molecule has 1 fully saturated rings. The van der Waals surface area contributed by atoms with Gasteiger partial charge in [0, 0.05) is 43.3 Å². The van der Waals surface area contributed by atoms with Crippen molar-refractivity contribution in [1.82, 2.24) is 9.97 Å². The van der Waals surface area contributed by atoms with Gasteiger partial charge in [-0.25, -0.2) is 4.98 Å². The van der Waals surface area contributed by atoms with Gasteiger partial charge in [0.05, 0.1) is 17.0 Å². The minimum absolute atomic E-state index is 0.748. The number of hydrogen-bond donors (Lipinski definition) is 0. The van der Waals surface area contributed by atoms with Crippen LogP contribution in [0.15, 0.2) is 16.1 Å². The van der Waals surface area contributed by atoms with Crippen molar-refractivity contribution in [3.05, 3.63) is 21.8 Å². The molecule has 0 saturated carbocycles. The minimum atomic E-state index is 0.748. The highest BCUT2D eigenvalue weighted by molar-refractivity contribution is 9.14. The summed E-state index contributed by atoms with van der Waals surface area (Å²) < 4.78 is 6.53. The summed E-state index contributed by atoms with van der Waals surface area (Å²) in [7, 11) is 0. The second kappa shape index (κ2) is 6.32. The van der Waals surface area contributed by atoms with Crippen LogP contribution in [-0.4, -0.2) is 48.6 Å². The molecular weight excluding hydrogens is 340 g/mol. The lowest BCUT2D eigenvalue weighted by atomic mass is 10.4. The molecular formula is C13H17BrN4OS. The molecule has 3 rings (SSSR count).